The summed E-state index contributed by atoms with van der Waals surface area (Å²) in [4.78, 5) is 24.0. The van der Waals surface area contributed by atoms with Crippen LogP contribution in [0.3, 0.4) is 0 Å². The van der Waals surface area contributed by atoms with Crippen LogP contribution in [0.1, 0.15) is 60.0 Å². The number of nitrogens with zero attached hydrogens (tertiary/aromatic N) is 3. The molecule has 166 valence electrons. The fraction of sp³-hybridized carbons (Fsp3) is 0.500. The molecule has 1 aromatic heterocycles. The van der Waals surface area contributed by atoms with E-state index in [0.29, 0.717) is 28.9 Å². The van der Waals surface area contributed by atoms with Crippen molar-refractivity contribution >= 4 is 17.7 Å². The van der Waals surface area contributed by atoms with E-state index < -0.39 is 11.7 Å². The van der Waals surface area contributed by atoms with Crippen LogP contribution < -0.4 is 15.5 Å². The maximum atomic E-state index is 12.9. The second-order valence-electron chi connectivity index (χ2n) is 8.13. The van der Waals surface area contributed by atoms with Gasteiger partial charge in [0.05, 0.1) is 5.56 Å². The molecule has 4 rings (SSSR count). The number of hydrogen-bond acceptors (Lipinski definition) is 5. The van der Waals surface area contributed by atoms with E-state index in [9.17, 15) is 18.0 Å². The van der Waals surface area contributed by atoms with Crippen molar-refractivity contribution in [3.63, 3.8) is 0 Å². The smallest absolute Gasteiger partial charge is 0.356 e. The van der Waals surface area contributed by atoms with Crippen molar-refractivity contribution in [3.8, 4) is 0 Å². The lowest BCUT2D eigenvalue weighted by molar-refractivity contribution is -0.137. The van der Waals surface area contributed by atoms with E-state index in [4.69, 9.17) is 0 Å². The van der Waals surface area contributed by atoms with Crippen LogP contribution in [0.5, 0.6) is 0 Å². The van der Waals surface area contributed by atoms with Gasteiger partial charge in [0.1, 0.15) is 11.4 Å². The van der Waals surface area contributed by atoms with E-state index in [1.54, 1.807) is 6.20 Å². The second-order valence-corrected chi connectivity index (χ2v) is 8.13. The van der Waals surface area contributed by atoms with Gasteiger partial charge in [0, 0.05) is 31.9 Å². The first-order valence-corrected chi connectivity index (χ1v) is 10.7. The van der Waals surface area contributed by atoms with Crippen molar-refractivity contribution < 1.29 is 18.0 Å². The van der Waals surface area contributed by atoms with E-state index in [1.807, 2.05) is 0 Å². The minimum atomic E-state index is -4.38. The molecule has 0 atom stereocenters. The SMILES string of the molecule is O=C(NCc1ccc(C(F)(F)F)cc1)c1cnc(NC2CCCC2)nc1N1CCCC1. The number of halogens is 3. The molecule has 2 aromatic rings. The summed E-state index contributed by atoms with van der Waals surface area (Å²) in [5, 5.41) is 6.16. The van der Waals surface area contributed by atoms with Gasteiger partial charge in [-0.3, -0.25) is 4.79 Å². The van der Waals surface area contributed by atoms with Gasteiger partial charge in [0.2, 0.25) is 5.95 Å². The van der Waals surface area contributed by atoms with Crippen LogP contribution in [0.25, 0.3) is 0 Å². The number of anilines is 2. The Hall–Kier alpha value is -2.84. The highest BCUT2D eigenvalue weighted by molar-refractivity contribution is 5.98. The number of benzene rings is 1. The van der Waals surface area contributed by atoms with Crippen molar-refractivity contribution in [1.82, 2.24) is 15.3 Å². The van der Waals surface area contributed by atoms with E-state index >= 15 is 0 Å². The van der Waals surface area contributed by atoms with Crippen LogP contribution in [-0.4, -0.2) is 35.0 Å². The molecular formula is C22H26F3N5O. The van der Waals surface area contributed by atoms with Gasteiger partial charge >= 0.3 is 6.18 Å². The van der Waals surface area contributed by atoms with Gasteiger partial charge in [-0.25, -0.2) is 4.98 Å². The van der Waals surface area contributed by atoms with Gasteiger partial charge in [-0.2, -0.15) is 18.2 Å². The Bertz CT molecular complexity index is 904. The molecule has 0 unspecified atom stereocenters. The number of amides is 1. The first-order chi connectivity index (χ1) is 14.9. The Balaban J connectivity index is 1.47. The molecule has 2 heterocycles. The van der Waals surface area contributed by atoms with Gasteiger partial charge in [0.15, 0.2) is 0 Å². The van der Waals surface area contributed by atoms with Crippen molar-refractivity contribution in [1.29, 1.82) is 0 Å². The molecule has 1 saturated carbocycles. The Morgan fingerprint density at radius 3 is 2.39 bits per heavy atom. The Morgan fingerprint density at radius 2 is 1.74 bits per heavy atom. The highest BCUT2D eigenvalue weighted by Crippen LogP contribution is 2.29. The summed E-state index contributed by atoms with van der Waals surface area (Å²) in [6.45, 7) is 1.79. The minimum Gasteiger partial charge on any atom is -0.356 e. The maximum Gasteiger partial charge on any atom is 0.416 e. The highest BCUT2D eigenvalue weighted by Gasteiger charge is 2.30. The number of carbonyl (C=O) groups excluding carboxylic acids is 1. The maximum absolute atomic E-state index is 12.9. The molecule has 0 radical (unpaired) electrons. The molecule has 2 N–H and O–H groups in total. The molecule has 2 aliphatic rings. The summed E-state index contributed by atoms with van der Waals surface area (Å²) >= 11 is 0. The van der Waals surface area contributed by atoms with Crippen molar-refractivity contribution in [3.05, 3.63) is 47.2 Å². The van der Waals surface area contributed by atoms with Gasteiger partial charge in [0.25, 0.3) is 5.91 Å². The van der Waals surface area contributed by atoms with Gasteiger partial charge in [-0.1, -0.05) is 25.0 Å². The van der Waals surface area contributed by atoms with E-state index in [2.05, 4.69) is 25.5 Å². The molecule has 1 amide bonds. The van der Waals surface area contributed by atoms with E-state index in [1.165, 1.54) is 25.0 Å². The van der Waals surface area contributed by atoms with Crippen molar-refractivity contribution in [2.75, 3.05) is 23.3 Å². The number of carbonyl (C=O) groups is 1. The Kier molecular flexibility index (Phi) is 6.29. The van der Waals surface area contributed by atoms with Crippen molar-refractivity contribution in [2.45, 2.75) is 57.3 Å². The lowest BCUT2D eigenvalue weighted by Crippen LogP contribution is -2.29. The van der Waals surface area contributed by atoms with Crippen LogP contribution >= 0.6 is 0 Å². The van der Waals surface area contributed by atoms with Crippen LogP contribution in [0, 0.1) is 0 Å². The van der Waals surface area contributed by atoms with Crippen LogP contribution in [0.15, 0.2) is 30.5 Å². The van der Waals surface area contributed by atoms with Crippen LogP contribution in [-0.2, 0) is 12.7 Å². The molecule has 1 aliphatic carbocycles. The molecule has 31 heavy (non-hydrogen) atoms. The molecule has 1 aromatic carbocycles. The fourth-order valence-electron chi connectivity index (χ4n) is 4.11. The Morgan fingerprint density at radius 1 is 1.06 bits per heavy atom. The summed E-state index contributed by atoms with van der Waals surface area (Å²) in [6, 6.07) is 5.14. The quantitative estimate of drug-likeness (QED) is 0.708. The fourth-order valence-corrected chi connectivity index (χ4v) is 4.11. The number of hydrogen-bond donors (Lipinski definition) is 2. The molecule has 1 aliphatic heterocycles. The zero-order chi connectivity index (χ0) is 21.8. The first kappa shape index (κ1) is 21.4. The summed E-state index contributed by atoms with van der Waals surface area (Å²) in [5.74, 6) is 0.806. The van der Waals surface area contributed by atoms with Crippen LogP contribution in [0.2, 0.25) is 0 Å². The molecule has 9 heteroatoms. The van der Waals surface area contributed by atoms with E-state index in [-0.39, 0.29) is 12.5 Å². The zero-order valence-corrected chi connectivity index (χ0v) is 17.2. The number of alkyl halides is 3. The molecule has 1 saturated heterocycles. The first-order valence-electron chi connectivity index (χ1n) is 10.7. The van der Waals surface area contributed by atoms with Crippen molar-refractivity contribution in [2.24, 2.45) is 0 Å². The molecule has 0 spiro atoms. The third-order valence-corrected chi connectivity index (χ3v) is 5.84. The highest BCUT2D eigenvalue weighted by atomic mass is 19.4. The van der Waals surface area contributed by atoms with Gasteiger partial charge in [-0.15, -0.1) is 0 Å². The lowest BCUT2D eigenvalue weighted by atomic mass is 10.1. The van der Waals surface area contributed by atoms with Gasteiger partial charge < -0.3 is 15.5 Å². The monoisotopic (exact) mass is 433 g/mol. The molecule has 0 bridgehead atoms. The average molecular weight is 433 g/mol. The molecular weight excluding hydrogens is 407 g/mol. The minimum absolute atomic E-state index is 0.123. The second kappa shape index (κ2) is 9.11. The van der Waals surface area contributed by atoms with E-state index in [0.717, 1.165) is 50.9 Å². The van der Waals surface area contributed by atoms with Gasteiger partial charge in [-0.05, 0) is 43.4 Å². The number of aromatic nitrogens is 2. The summed E-state index contributed by atoms with van der Waals surface area (Å²) < 4.78 is 38.1. The topological polar surface area (TPSA) is 70.1 Å². The van der Waals surface area contributed by atoms with Crippen LogP contribution in [0.4, 0.5) is 24.9 Å². The normalized spacial score (nSPS) is 17.2. The summed E-state index contributed by atoms with van der Waals surface area (Å²) in [7, 11) is 0. The predicted octanol–water partition coefficient (Wildman–Crippen LogP) is 4.38. The zero-order valence-electron chi connectivity index (χ0n) is 17.2. The largest absolute Gasteiger partial charge is 0.416 e. The Labute approximate surface area is 179 Å². The average Bonchev–Trinajstić information content (AvgIpc) is 3.46. The standard InChI is InChI=1S/C22H26F3N5O/c23-22(24,25)16-9-7-15(8-10-16)13-26-20(31)18-14-27-21(28-17-5-1-2-6-17)29-19(18)30-11-3-4-12-30/h7-10,14,17H,1-6,11-13H2,(H,26,31)(H,27,28,29). The lowest BCUT2D eigenvalue weighted by Gasteiger charge is -2.21. The third kappa shape index (κ3) is 5.26. The number of nitrogens with one attached hydrogen (secondary N) is 2. The predicted molar refractivity (Wildman–Crippen MR) is 112 cm³/mol. The third-order valence-electron chi connectivity index (χ3n) is 5.84. The summed E-state index contributed by atoms with van der Waals surface area (Å²) in [6.07, 6.45) is 3.83. The summed E-state index contributed by atoms with van der Waals surface area (Å²) in [5.41, 5.74) is 0.257. The molecule has 6 nitrogen and oxygen atoms in total. The molecule has 2 fully saturated rings. The number of rotatable bonds is 6.